The van der Waals surface area contributed by atoms with E-state index in [9.17, 15) is 13.2 Å². The highest BCUT2D eigenvalue weighted by Crippen LogP contribution is 2.14. The fraction of sp³-hybridized carbons (Fsp3) is 0.235. The maximum atomic E-state index is 12.0. The molecule has 0 spiro atoms. The summed E-state index contributed by atoms with van der Waals surface area (Å²) in [6, 6.07) is 16.1. The third kappa shape index (κ3) is 6.22. The molecule has 0 saturated heterocycles. The number of carbonyl (C=O) groups is 1. The molecule has 122 valence electrons. The van der Waals surface area contributed by atoms with Crippen LogP contribution in [0.3, 0.4) is 0 Å². The highest BCUT2D eigenvalue weighted by Gasteiger charge is 2.08. The summed E-state index contributed by atoms with van der Waals surface area (Å²) in [7, 11) is -3.55. The van der Waals surface area contributed by atoms with E-state index in [2.05, 4.69) is 5.32 Å². The van der Waals surface area contributed by atoms with E-state index in [1.807, 2.05) is 30.3 Å². The van der Waals surface area contributed by atoms with Crippen LogP contribution >= 0.6 is 0 Å². The second kappa shape index (κ2) is 7.89. The van der Waals surface area contributed by atoms with Crippen LogP contribution in [0.1, 0.15) is 15.9 Å². The Bertz CT molecular complexity index is 740. The van der Waals surface area contributed by atoms with Crippen molar-refractivity contribution in [2.45, 2.75) is 6.42 Å². The lowest BCUT2D eigenvalue weighted by atomic mass is 10.1. The van der Waals surface area contributed by atoms with E-state index in [4.69, 9.17) is 4.18 Å². The summed E-state index contributed by atoms with van der Waals surface area (Å²) >= 11 is 0. The molecule has 2 rings (SSSR count). The minimum absolute atomic E-state index is 0.0519. The van der Waals surface area contributed by atoms with Crippen LogP contribution in [0.4, 0.5) is 0 Å². The van der Waals surface area contributed by atoms with Crippen molar-refractivity contribution < 1.29 is 17.4 Å². The van der Waals surface area contributed by atoms with Crippen molar-refractivity contribution in [3.05, 3.63) is 65.7 Å². The lowest BCUT2D eigenvalue weighted by molar-refractivity contribution is 0.0991. The molecular weight excluding hydrogens is 314 g/mol. The summed E-state index contributed by atoms with van der Waals surface area (Å²) in [5.41, 5.74) is 1.73. The van der Waals surface area contributed by atoms with Gasteiger partial charge in [-0.25, -0.2) is 0 Å². The molecule has 0 radical (unpaired) electrons. The van der Waals surface area contributed by atoms with Gasteiger partial charge in [0.25, 0.3) is 0 Å². The largest absolute Gasteiger partial charge is 0.383 e. The van der Waals surface area contributed by atoms with E-state index in [-0.39, 0.29) is 18.1 Å². The Balaban J connectivity index is 1.79. The average molecular weight is 333 g/mol. The molecular formula is C17H19NO4S. The van der Waals surface area contributed by atoms with Crippen molar-refractivity contribution in [1.82, 2.24) is 5.32 Å². The molecule has 0 amide bonds. The number of rotatable bonds is 8. The molecule has 0 atom stereocenters. The molecule has 0 aliphatic heterocycles. The van der Waals surface area contributed by atoms with E-state index < -0.39 is 10.1 Å². The van der Waals surface area contributed by atoms with Gasteiger partial charge in [0.1, 0.15) is 5.75 Å². The number of ketones is 1. The minimum Gasteiger partial charge on any atom is -0.383 e. The average Bonchev–Trinajstić information content (AvgIpc) is 2.51. The summed E-state index contributed by atoms with van der Waals surface area (Å²) in [4.78, 5) is 12.0. The van der Waals surface area contributed by atoms with Crippen LogP contribution < -0.4 is 9.50 Å². The van der Waals surface area contributed by atoms with Crippen LogP contribution in [-0.2, 0) is 16.5 Å². The monoisotopic (exact) mass is 333 g/mol. The van der Waals surface area contributed by atoms with Gasteiger partial charge in [0.05, 0.1) is 12.8 Å². The Morgan fingerprint density at radius 1 is 1.04 bits per heavy atom. The number of Topliss-reactive ketones (excluding diaryl/α,β-unsaturated/α-hetero) is 1. The minimum atomic E-state index is -3.55. The number of nitrogens with one attached hydrogen (secondary N) is 1. The van der Waals surface area contributed by atoms with Gasteiger partial charge >= 0.3 is 10.1 Å². The second-order valence-electron chi connectivity index (χ2n) is 5.15. The third-order valence-electron chi connectivity index (χ3n) is 3.14. The predicted molar refractivity (Wildman–Crippen MR) is 89.3 cm³/mol. The Morgan fingerprint density at radius 2 is 1.70 bits per heavy atom. The first kappa shape index (κ1) is 17.2. The number of carbonyl (C=O) groups excluding carboxylic acids is 1. The molecule has 0 unspecified atom stereocenters. The van der Waals surface area contributed by atoms with Crippen LogP contribution in [0.2, 0.25) is 0 Å². The molecule has 0 aliphatic rings. The lowest BCUT2D eigenvalue weighted by Gasteiger charge is -2.06. The first-order valence-electron chi connectivity index (χ1n) is 7.21. The molecule has 0 saturated carbocycles. The summed E-state index contributed by atoms with van der Waals surface area (Å²) in [5.74, 6) is 0.144. The first-order valence-corrected chi connectivity index (χ1v) is 9.03. The van der Waals surface area contributed by atoms with Crippen LogP contribution in [0, 0.1) is 0 Å². The smallest absolute Gasteiger partial charge is 0.306 e. The van der Waals surface area contributed by atoms with Gasteiger partial charge in [-0.3, -0.25) is 4.79 Å². The lowest BCUT2D eigenvalue weighted by Crippen LogP contribution is -2.25. The molecule has 0 aromatic heterocycles. The van der Waals surface area contributed by atoms with Crippen molar-refractivity contribution in [2.24, 2.45) is 0 Å². The zero-order valence-corrected chi connectivity index (χ0v) is 13.7. The molecule has 0 heterocycles. The van der Waals surface area contributed by atoms with Crippen LogP contribution in [-0.4, -0.2) is 33.5 Å². The topological polar surface area (TPSA) is 72.5 Å². The standard InChI is InChI=1S/C17H19NO4S/c1-23(20,21)22-16-9-7-15(8-10-16)17(19)13-18-12-11-14-5-3-2-4-6-14/h2-10,18H,11-13H2,1H3. The number of benzene rings is 2. The molecule has 0 bridgehead atoms. The molecule has 2 aromatic carbocycles. The van der Waals surface area contributed by atoms with Gasteiger partial charge < -0.3 is 9.50 Å². The Labute approximate surface area is 136 Å². The zero-order valence-electron chi connectivity index (χ0n) is 12.9. The molecule has 6 heteroatoms. The number of hydrogen-bond acceptors (Lipinski definition) is 5. The predicted octanol–water partition coefficient (Wildman–Crippen LogP) is 2.04. The van der Waals surface area contributed by atoms with Crippen molar-refractivity contribution in [3.63, 3.8) is 0 Å². The maximum Gasteiger partial charge on any atom is 0.306 e. The van der Waals surface area contributed by atoms with E-state index in [0.717, 1.165) is 12.7 Å². The summed E-state index contributed by atoms with van der Waals surface area (Å²) in [6.07, 6.45) is 1.83. The van der Waals surface area contributed by atoms with Gasteiger partial charge in [-0.05, 0) is 42.8 Å². The zero-order chi connectivity index (χ0) is 16.7. The van der Waals surface area contributed by atoms with Crippen molar-refractivity contribution in [2.75, 3.05) is 19.3 Å². The Morgan fingerprint density at radius 3 is 2.30 bits per heavy atom. The Hall–Kier alpha value is -2.18. The number of hydrogen-bond donors (Lipinski definition) is 1. The van der Waals surface area contributed by atoms with Gasteiger partial charge in [0.2, 0.25) is 0 Å². The van der Waals surface area contributed by atoms with E-state index >= 15 is 0 Å². The fourth-order valence-corrected chi connectivity index (χ4v) is 2.51. The summed E-state index contributed by atoms with van der Waals surface area (Å²) < 4.78 is 26.8. The molecule has 23 heavy (non-hydrogen) atoms. The van der Waals surface area contributed by atoms with Crippen molar-refractivity contribution in [3.8, 4) is 5.75 Å². The van der Waals surface area contributed by atoms with Gasteiger partial charge in [0.15, 0.2) is 5.78 Å². The maximum absolute atomic E-state index is 12.0. The van der Waals surface area contributed by atoms with Crippen LogP contribution in [0.15, 0.2) is 54.6 Å². The van der Waals surface area contributed by atoms with Crippen LogP contribution in [0.5, 0.6) is 5.75 Å². The fourth-order valence-electron chi connectivity index (χ4n) is 2.05. The highest BCUT2D eigenvalue weighted by molar-refractivity contribution is 7.86. The van der Waals surface area contributed by atoms with E-state index in [1.54, 1.807) is 12.1 Å². The highest BCUT2D eigenvalue weighted by atomic mass is 32.2. The van der Waals surface area contributed by atoms with Crippen LogP contribution in [0.25, 0.3) is 0 Å². The summed E-state index contributed by atoms with van der Waals surface area (Å²) in [5, 5.41) is 3.11. The normalized spacial score (nSPS) is 11.2. The van der Waals surface area contributed by atoms with Gasteiger partial charge in [-0.2, -0.15) is 8.42 Å². The Kier molecular flexibility index (Phi) is 5.90. The van der Waals surface area contributed by atoms with Crippen molar-refractivity contribution >= 4 is 15.9 Å². The third-order valence-corrected chi connectivity index (χ3v) is 3.64. The van der Waals surface area contributed by atoms with Gasteiger partial charge in [0, 0.05) is 5.56 Å². The molecule has 0 aliphatic carbocycles. The van der Waals surface area contributed by atoms with Gasteiger partial charge in [-0.15, -0.1) is 0 Å². The molecule has 1 N–H and O–H groups in total. The van der Waals surface area contributed by atoms with Gasteiger partial charge in [-0.1, -0.05) is 30.3 Å². The first-order chi connectivity index (χ1) is 10.9. The SMILES string of the molecule is CS(=O)(=O)Oc1ccc(C(=O)CNCCc2ccccc2)cc1. The molecule has 2 aromatic rings. The molecule has 5 nitrogen and oxygen atoms in total. The van der Waals surface area contributed by atoms with E-state index in [0.29, 0.717) is 12.1 Å². The molecule has 0 fully saturated rings. The quantitative estimate of drug-likeness (QED) is 0.455. The second-order valence-corrected chi connectivity index (χ2v) is 6.72. The summed E-state index contributed by atoms with van der Waals surface area (Å²) in [6.45, 7) is 0.949. The van der Waals surface area contributed by atoms with Crippen molar-refractivity contribution in [1.29, 1.82) is 0 Å². The van der Waals surface area contributed by atoms with E-state index in [1.165, 1.54) is 17.7 Å².